The van der Waals surface area contributed by atoms with Gasteiger partial charge in [0.15, 0.2) is 11.5 Å². The number of hydrogen-bond donors (Lipinski definition) is 0. The van der Waals surface area contributed by atoms with Crippen LogP contribution in [0, 0.1) is 6.92 Å². The minimum absolute atomic E-state index is 0.364. The van der Waals surface area contributed by atoms with Crippen molar-refractivity contribution < 1.29 is 14.3 Å². The lowest BCUT2D eigenvalue weighted by Crippen LogP contribution is -1.99. The molecule has 0 unspecified atom stereocenters. The van der Waals surface area contributed by atoms with Gasteiger partial charge >= 0.3 is 0 Å². The molecular formula is C13H13NO3S. The molecule has 5 heteroatoms. The molecule has 0 radical (unpaired) electrons. The van der Waals surface area contributed by atoms with Crippen molar-refractivity contribution in [2.75, 3.05) is 7.11 Å². The molecule has 1 heterocycles. The van der Waals surface area contributed by atoms with Gasteiger partial charge < -0.3 is 9.47 Å². The maximum absolute atomic E-state index is 10.7. The first-order chi connectivity index (χ1) is 8.72. The highest BCUT2D eigenvalue weighted by molar-refractivity contribution is 7.09. The number of hydrogen-bond acceptors (Lipinski definition) is 5. The molecule has 0 N–H and O–H groups in total. The van der Waals surface area contributed by atoms with E-state index < -0.39 is 0 Å². The highest BCUT2D eigenvalue weighted by atomic mass is 32.1. The third-order valence-corrected chi connectivity index (χ3v) is 3.19. The van der Waals surface area contributed by atoms with E-state index in [-0.39, 0.29) is 0 Å². The number of methoxy groups -OCH3 is 1. The third kappa shape index (κ3) is 2.87. The van der Waals surface area contributed by atoms with E-state index in [0.717, 1.165) is 17.0 Å². The summed E-state index contributed by atoms with van der Waals surface area (Å²) in [6.07, 6.45) is 0.777. The van der Waals surface area contributed by atoms with Gasteiger partial charge in [0, 0.05) is 10.9 Å². The van der Waals surface area contributed by atoms with Crippen molar-refractivity contribution in [3.8, 4) is 11.5 Å². The molecule has 4 nitrogen and oxygen atoms in total. The largest absolute Gasteiger partial charge is 0.493 e. The fourth-order valence-corrected chi connectivity index (χ4v) is 2.10. The fraction of sp³-hybridized carbons (Fsp3) is 0.231. The van der Waals surface area contributed by atoms with Crippen LogP contribution in [0.15, 0.2) is 23.6 Å². The molecule has 0 aliphatic carbocycles. The Hall–Kier alpha value is -1.88. The van der Waals surface area contributed by atoms with Crippen LogP contribution in [0.2, 0.25) is 0 Å². The second kappa shape index (κ2) is 5.64. The van der Waals surface area contributed by atoms with Crippen molar-refractivity contribution in [2.45, 2.75) is 13.5 Å². The third-order valence-electron chi connectivity index (χ3n) is 2.37. The lowest BCUT2D eigenvalue weighted by atomic mass is 10.2. The Kier molecular flexibility index (Phi) is 3.94. The number of thiazole rings is 1. The minimum atomic E-state index is 0.364. The highest BCUT2D eigenvalue weighted by Crippen LogP contribution is 2.28. The minimum Gasteiger partial charge on any atom is -0.493 e. The van der Waals surface area contributed by atoms with Gasteiger partial charge in [-0.05, 0) is 25.1 Å². The summed E-state index contributed by atoms with van der Waals surface area (Å²) in [7, 11) is 1.57. The van der Waals surface area contributed by atoms with E-state index in [2.05, 4.69) is 4.98 Å². The molecule has 1 aromatic heterocycles. The predicted molar refractivity (Wildman–Crippen MR) is 69.6 cm³/mol. The van der Waals surface area contributed by atoms with Gasteiger partial charge in [-0.3, -0.25) is 4.79 Å². The lowest BCUT2D eigenvalue weighted by molar-refractivity contribution is 0.112. The van der Waals surface area contributed by atoms with E-state index in [1.54, 1.807) is 36.6 Å². The molecule has 2 aromatic rings. The molecular weight excluding hydrogens is 250 g/mol. The lowest BCUT2D eigenvalue weighted by Gasteiger charge is -2.09. The molecule has 0 aliphatic heterocycles. The van der Waals surface area contributed by atoms with Gasteiger partial charge in [0.1, 0.15) is 12.9 Å². The summed E-state index contributed by atoms with van der Waals surface area (Å²) >= 11 is 1.58. The van der Waals surface area contributed by atoms with E-state index in [9.17, 15) is 4.79 Å². The van der Waals surface area contributed by atoms with Gasteiger partial charge in [0.25, 0.3) is 0 Å². The molecule has 1 aromatic carbocycles. The normalized spacial score (nSPS) is 10.1. The number of aryl methyl sites for hydroxylation is 1. The Bertz CT molecular complexity index is 551. The van der Waals surface area contributed by atoms with Gasteiger partial charge in [0.05, 0.1) is 17.8 Å². The van der Waals surface area contributed by atoms with Crippen LogP contribution in [-0.2, 0) is 6.61 Å². The van der Waals surface area contributed by atoms with Crippen LogP contribution in [-0.4, -0.2) is 18.4 Å². The summed E-state index contributed by atoms with van der Waals surface area (Å²) in [5.74, 6) is 1.15. The zero-order chi connectivity index (χ0) is 13.0. The van der Waals surface area contributed by atoms with E-state index in [1.165, 1.54) is 0 Å². The van der Waals surface area contributed by atoms with Crippen molar-refractivity contribution in [2.24, 2.45) is 0 Å². The number of aldehydes is 1. The SMILES string of the molecule is COc1ccc(C=O)cc1OCc1csc(C)n1. The number of aromatic nitrogens is 1. The molecule has 0 bridgehead atoms. The van der Waals surface area contributed by atoms with E-state index in [4.69, 9.17) is 9.47 Å². The molecule has 0 spiro atoms. The molecule has 0 fully saturated rings. The summed E-state index contributed by atoms with van der Waals surface area (Å²) in [6.45, 7) is 2.31. The van der Waals surface area contributed by atoms with Crippen LogP contribution in [0.4, 0.5) is 0 Å². The number of carbonyl (C=O) groups is 1. The van der Waals surface area contributed by atoms with E-state index >= 15 is 0 Å². The van der Waals surface area contributed by atoms with Crippen molar-refractivity contribution in [1.29, 1.82) is 0 Å². The molecule has 2 rings (SSSR count). The number of carbonyl (C=O) groups excluding carboxylic acids is 1. The highest BCUT2D eigenvalue weighted by Gasteiger charge is 2.07. The Morgan fingerprint density at radius 3 is 2.83 bits per heavy atom. The smallest absolute Gasteiger partial charge is 0.162 e. The summed E-state index contributed by atoms with van der Waals surface area (Å²) in [5.41, 5.74) is 1.43. The summed E-state index contributed by atoms with van der Waals surface area (Å²) in [4.78, 5) is 15.0. The maximum atomic E-state index is 10.7. The van der Waals surface area contributed by atoms with Crippen LogP contribution in [0.3, 0.4) is 0 Å². The zero-order valence-corrected chi connectivity index (χ0v) is 11.0. The van der Waals surface area contributed by atoms with Crippen LogP contribution in [0.5, 0.6) is 11.5 Å². The summed E-state index contributed by atoms with van der Waals surface area (Å²) < 4.78 is 10.8. The Balaban J connectivity index is 2.14. The van der Waals surface area contributed by atoms with Crippen molar-refractivity contribution in [3.05, 3.63) is 39.8 Å². The summed E-state index contributed by atoms with van der Waals surface area (Å²) in [6, 6.07) is 5.06. The standard InChI is InChI=1S/C13H13NO3S/c1-9-14-11(8-18-9)7-17-13-5-10(6-15)3-4-12(13)16-2/h3-6,8H,7H2,1-2H3. The Morgan fingerprint density at radius 1 is 1.39 bits per heavy atom. The van der Waals surface area contributed by atoms with Crippen LogP contribution in [0.25, 0.3) is 0 Å². The Morgan fingerprint density at radius 2 is 2.22 bits per heavy atom. The van der Waals surface area contributed by atoms with Gasteiger partial charge in [0.2, 0.25) is 0 Å². The fourth-order valence-electron chi connectivity index (χ4n) is 1.51. The van der Waals surface area contributed by atoms with Gasteiger partial charge in [-0.25, -0.2) is 4.98 Å². The predicted octanol–water partition coefficient (Wildman–Crippen LogP) is 2.85. The molecule has 0 amide bonds. The van der Waals surface area contributed by atoms with Crippen LogP contribution >= 0.6 is 11.3 Å². The number of ether oxygens (including phenoxy) is 2. The molecule has 18 heavy (non-hydrogen) atoms. The molecule has 0 saturated carbocycles. The topological polar surface area (TPSA) is 48.4 Å². The van der Waals surface area contributed by atoms with Crippen molar-refractivity contribution in [3.63, 3.8) is 0 Å². The van der Waals surface area contributed by atoms with Crippen LogP contribution < -0.4 is 9.47 Å². The monoisotopic (exact) mass is 263 g/mol. The first kappa shape index (κ1) is 12.6. The molecule has 94 valence electrons. The van der Waals surface area contributed by atoms with E-state index in [0.29, 0.717) is 23.7 Å². The zero-order valence-electron chi connectivity index (χ0n) is 10.2. The Labute approximate surface area is 109 Å². The number of rotatable bonds is 5. The van der Waals surface area contributed by atoms with Crippen LogP contribution in [0.1, 0.15) is 21.1 Å². The first-order valence-corrected chi connectivity index (χ1v) is 6.28. The second-order valence-electron chi connectivity index (χ2n) is 3.67. The maximum Gasteiger partial charge on any atom is 0.162 e. The molecule has 0 aliphatic rings. The van der Waals surface area contributed by atoms with Gasteiger partial charge in [-0.1, -0.05) is 0 Å². The average molecular weight is 263 g/mol. The first-order valence-electron chi connectivity index (χ1n) is 5.40. The summed E-state index contributed by atoms with van der Waals surface area (Å²) in [5, 5.41) is 2.95. The van der Waals surface area contributed by atoms with Gasteiger partial charge in [-0.15, -0.1) is 11.3 Å². The number of benzene rings is 1. The molecule has 0 atom stereocenters. The molecule has 0 saturated heterocycles. The number of nitrogens with zero attached hydrogens (tertiary/aromatic N) is 1. The second-order valence-corrected chi connectivity index (χ2v) is 4.74. The quantitative estimate of drug-likeness (QED) is 0.778. The van der Waals surface area contributed by atoms with Crippen molar-refractivity contribution in [1.82, 2.24) is 4.98 Å². The van der Waals surface area contributed by atoms with Crippen molar-refractivity contribution >= 4 is 17.6 Å². The van der Waals surface area contributed by atoms with E-state index in [1.807, 2.05) is 12.3 Å². The average Bonchev–Trinajstić information content (AvgIpc) is 2.81. The van der Waals surface area contributed by atoms with Gasteiger partial charge in [-0.2, -0.15) is 0 Å².